The van der Waals surface area contributed by atoms with Crippen molar-refractivity contribution in [2.75, 3.05) is 25.9 Å². The van der Waals surface area contributed by atoms with Crippen LogP contribution in [0.15, 0.2) is 12.1 Å². The molecule has 0 amide bonds. The number of anilines is 1. The molecule has 2 rings (SSSR count). The maximum atomic E-state index is 10.6. The molecule has 1 fully saturated rings. The molecule has 0 aliphatic carbocycles. The van der Waals surface area contributed by atoms with Crippen molar-refractivity contribution >= 4 is 11.5 Å². The highest BCUT2D eigenvalue weighted by Gasteiger charge is 2.20. The fraction of sp³-hybridized carbons (Fsp3) is 0.583. The maximum absolute atomic E-state index is 10.6. The van der Waals surface area contributed by atoms with E-state index in [9.17, 15) is 10.1 Å². The second-order valence-electron chi connectivity index (χ2n) is 4.72. The molecule has 0 spiro atoms. The molecule has 2 N–H and O–H groups in total. The summed E-state index contributed by atoms with van der Waals surface area (Å²) in [6.07, 6.45) is 3.34. The molecule has 1 aromatic heterocycles. The van der Waals surface area contributed by atoms with Crippen molar-refractivity contribution < 1.29 is 9.66 Å². The summed E-state index contributed by atoms with van der Waals surface area (Å²) in [6, 6.07) is 3.35. The number of hydrogen-bond donors (Lipinski definition) is 1. The Balaban J connectivity index is 1.86. The Morgan fingerprint density at radius 1 is 1.63 bits per heavy atom. The van der Waals surface area contributed by atoms with E-state index in [0.717, 1.165) is 13.0 Å². The molecule has 1 aliphatic rings. The first kappa shape index (κ1) is 13.5. The van der Waals surface area contributed by atoms with Crippen molar-refractivity contribution in [2.24, 2.45) is 0 Å². The van der Waals surface area contributed by atoms with Gasteiger partial charge < -0.3 is 15.4 Å². The van der Waals surface area contributed by atoms with E-state index in [-0.39, 0.29) is 11.5 Å². The lowest BCUT2D eigenvalue weighted by Crippen LogP contribution is -2.26. The van der Waals surface area contributed by atoms with Crippen molar-refractivity contribution in [2.45, 2.75) is 25.3 Å². The molecule has 7 heteroatoms. The van der Waals surface area contributed by atoms with Gasteiger partial charge in [-0.2, -0.15) is 4.98 Å². The maximum Gasteiger partial charge on any atom is 0.311 e. The third kappa shape index (κ3) is 3.31. The Labute approximate surface area is 111 Å². The van der Waals surface area contributed by atoms with Crippen LogP contribution < -0.4 is 10.5 Å². The van der Waals surface area contributed by atoms with Gasteiger partial charge >= 0.3 is 5.69 Å². The summed E-state index contributed by atoms with van der Waals surface area (Å²) in [5, 5.41) is 10.6. The van der Waals surface area contributed by atoms with Crippen molar-refractivity contribution in [3.05, 3.63) is 22.2 Å². The van der Waals surface area contributed by atoms with Gasteiger partial charge in [0, 0.05) is 18.2 Å². The summed E-state index contributed by atoms with van der Waals surface area (Å²) in [4.78, 5) is 16.2. The number of nitrogens with two attached hydrogens (primary N) is 1. The molecule has 2 heterocycles. The van der Waals surface area contributed by atoms with E-state index in [4.69, 9.17) is 10.5 Å². The first-order valence-corrected chi connectivity index (χ1v) is 6.32. The van der Waals surface area contributed by atoms with E-state index < -0.39 is 4.92 Å². The molecule has 0 radical (unpaired) electrons. The molecule has 1 aliphatic heterocycles. The van der Waals surface area contributed by atoms with E-state index in [0.29, 0.717) is 18.5 Å². The van der Waals surface area contributed by atoms with Gasteiger partial charge in [0.25, 0.3) is 0 Å². The highest BCUT2D eigenvalue weighted by molar-refractivity contribution is 5.53. The zero-order chi connectivity index (χ0) is 13.8. The van der Waals surface area contributed by atoms with Crippen LogP contribution in [0.25, 0.3) is 0 Å². The summed E-state index contributed by atoms with van der Waals surface area (Å²) in [5.41, 5.74) is 5.31. The van der Waals surface area contributed by atoms with Gasteiger partial charge in [-0.1, -0.05) is 0 Å². The van der Waals surface area contributed by atoms with Gasteiger partial charge in [0.1, 0.15) is 0 Å². The number of nitrogen functional groups attached to an aromatic ring is 1. The zero-order valence-corrected chi connectivity index (χ0v) is 10.9. The topological polar surface area (TPSA) is 94.5 Å². The van der Waals surface area contributed by atoms with E-state index in [2.05, 4.69) is 16.9 Å². The minimum Gasteiger partial charge on any atom is -0.478 e. The zero-order valence-electron chi connectivity index (χ0n) is 10.9. The largest absolute Gasteiger partial charge is 0.478 e. The summed E-state index contributed by atoms with van der Waals surface area (Å²) in [5.74, 6) is 0.226. The predicted octanol–water partition coefficient (Wildman–Crippen LogP) is 1.44. The highest BCUT2D eigenvalue weighted by Crippen LogP contribution is 2.22. The fourth-order valence-corrected chi connectivity index (χ4v) is 2.33. The number of hydrogen-bond acceptors (Lipinski definition) is 6. The predicted molar refractivity (Wildman–Crippen MR) is 71.1 cm³/mol. The third-order valence-electron chi connectivity index (χ3n) is 3.45. The number of nitrogens with zero attached hydrogens (tertiary/aromatic N) is 3. The lowest BCUT2D eigenvalue weighted by Gasteiger charge is -2.19. The molecule has 1 unspecified atom stereocenters. The number of likely N-dealkylation sites (tertiary alicyclic amines) is 1. The van der Waals surface area contributed by atoms with Crippen LogP contribution in [0.5, 0.6) is 5.88 Å². The number of nitro groups is 1. The van der Waals surface area contributed by atoms with Crippen LogP contribution in [0.2, 0.25) is 0 Å². The average molecular weight is 266 g/mol. The van der Waals surface area contributed by atoms with E-state index >= 15 is 0 Å². The molecule has 1 atom stereocenters. The Morgan fingerprint density at radius 2 is 2.42 bits per heavy atom. The van der Waals surface area contributed by atoms with E-state index in [1.807, 2.05) is 0 Å². The average Bonchev–Trinajstić information content (AvgIpc) is 2.75. The van der Waals surface area contributed by atoms with Crippen LogP contribution in [0.4, 0.5) is 11.5 Å². The van der Waals surface area contributed by atoms with Gasteiger partial charge in [-0.15, -0.1) is 0 Å². The van der Waals surface area contributed by atoms with Crippen LogP contribution in [0.1, 0.15) is 19.3 Å². The normalized spacial score (nSPS) is 19.5. The molecular formula is C12H18N4O3. The van der Waals surface area contributed by atoms with Crippen molar-refractivity contribution in [3.8, 4) is 5.88 Å². The highest BCUT2D eigenvalue weighted by atomic mass is 16.6. The molecule has 1 aromatic rings. The molecule has 0 bridgehead atoms. The lowest BCUT2D eigenvalue weighted by molar-refractivity contribution is -0.384. The SMILES string of the molecule is CN1CCCC1CCOc1ccc([N+](=O)[O-])c(N)n1. The Bertz CT molecular complexity index is 466. The summed E-state index contributed by atoms with van der Waals surface area (Å²) >= 11 is 0. The number of rotatable bonds is 5. The van der Waals surface area contributed by atoms with Gasteiger partial charge in [-0.3, -0.25) is 10.1 Å². The smallest absolute Gasteiger partial charge is 0.311 e. The van der Waals surface area contributed by atoms with Gasteiger partial charge in [0.15, 0.2) is 0 Å². The summed E-state index contributed by atoms with van der Waals surface area (Å²) in [6.45, 7) is 1.67. The first-order chi connectivity index (χ1) is 9.08. The van der Waals surface area contributed by atoms with Crippen molar-refractivity contribution in [3.63, 3.8) is 0 Å². The van der Waals surface area contributed by atoms with E-state index in [1.54, 1.807) is 0 Å². The molecule has 104 valence electrons. The van der Waals surface area contributed by atoms with E-state index in [1.165, 1.54) is 25.0 Å². The van der Waals surface area contributed by atoms with Crippen molar-refractivity contribution in [1.82, 2.24) is 9.88 Å². The number of aromatic nitrogens is 1. The lowest BCUT2D eigenvalue weighted by atomic mass is 10.1. The molecule has 1 saturated heterocycles. The molecule has 0 saturated carbocycles. The van der Waals surface area contributed by atoms with Gasteiger partial charge in [0.2, 0.25) is 11.7 Å². The summed E-state index contributed by atoms with van der Waals surface area (Å²) < 4.78 is 5.49. The fourth-order valence-electron chi connectivity index (χ4n) is 2.33. The molecule has 0 aromatic carbocycles. The quantitative estimate of drug-likeness (QED) is 0.640. The Hall–Kier alpha value is -1.89. The molecule has 7 nitrogen and oxygen atoms in total. The van der Waals surface area contributed by atoms with Crippen molar-refractivity contribution in [1.29, 1.82) is 0 Å². The van der Waals surface area contributed by atoms with Crippen LogP contribution in [-0.4, -0.2) is 41.0 Å². The second kappa shape index (κ2) is 5.83. The van der Waals surface area contributed by atoms with Crippen LogP contribution in [0, 0.1) is 10.1 Å². The van der Waals surface area contributed by atoms with Gasteiger partial charge in [0.05, 0.1) is 11.5 Å². The minimum absolute atomic E-state index is 0.111. The summed E-state index contributed by atoms with van der Waals surface area (Å²) in [7, 11) is 2.11. The number of ether oxygens (including phenoxy) is 1. The third-order valence-corrected chi connectivity index (χ3v) is 3.45. The van der Waals surface area contributed by atoms with Crippen LogP contribution >= 0.6 is 0 Å². The van der Waals surface area contributed by atoms with Crippen LogP contribution in [0.3, 0.4) is 0 Å². The van der Waals surface area contributed by atoms with Gasteiger partial charge in [-0.25, -0.2) is 0 Å². The van der Waals surface area contributed by atoms with Gasteiger partial charge in [-0.05, 0) is 32.9 Å². The Morgan fingerprint density at radius 3 is 3.00 bits per heavy atom. The first-order valence-electron chi connectivity index (χ1n) is 6.32. The van der Waals surface area contributed by atoms with Crippen LogP contribution in [-0.2, 0) is 0 Å². The standard InChI is InChI=1S/C12H18N4O3/c1-15-7-2-3-9(15)6-8-19-11-5-4-10(16(17)18)12(13)14-11/h4-5,9H,2-3,6-8H2,1H3,(H2,13,14). The molecular weight excluding hydrogens is 248 g/mol. The minimum atomic E-state index is -0.556. The monoisotopic (exact) mass is 266 g/mol. The second-order valence-corrected chi connectivity index (χ2v) is 4.72. The number of pyridine rings is 1. The molecule has 19 heavy (non-hydrogen) atoms. The Kier molecular flexibility index (Phi) is 4.16.